The summed E-state index contributed by atoms with van der Waals surface area (Å²) in [6, 6.07) is 2.58. The highest BCUT2D eigenvalue weighted by molar-refractivity contribution is 6.31. The minimum atomic E-state index is -4.50. The SMILES string of the molecule is CN=C(NCCOc1ncc(C(F)(F)F)cc1Cl)N1CCN(c2ncccn2)CC1. The minimum absolute atomic E-state index is 0.0436. The van der Waals surface area contributed by atoms with Crippen LogP contribution < -0.4 is 15.0 Å². The summed E-state index contributed by atoms with van der Waals surface area (Å²) in [5, 5.41) is 2.98. The van der Waals surface area contributed by atoms with Crippen LogP contribution >= 0.6 is 11.6 Å². The zero-order chi connectivity index (χ0) is 21.6. The highest BCUT2D eigenvalue weighted by atomic mass is 35.5. The number of rotatable bonds is 5. The first kappa shape index (κ1) is 21.9. The standard InChI is InChI=1S/C18H21ClF3N7O/c1-23-16(28-6-8-29(9-7-28)17-24-3-2-4-25-17)26-5-10-30-15-14(19)11-13(12-27-15)18(20,21)22/h2-4,11-12H,5-10H2,1H3,(H,23,26). The van der Waals surface area contributed by atoms with Gasteiger partial charge in [0.1, 0.15) is 11.6 Å². The van der Waals surface area contributed by atoms with Gasteiger partial charge in [0.2, 0.25) is 11.8 Å². The molecular weight excluding hydrogens is 423 g/mol. The fourth-order valence-electron chi connectivity index (χ4n) is 2.90. The first-order valence-electron chi connectivity index (χ1n) is 9.21. The Morgan fingerprint density at radius 3 is 2.50 bits per heavy atom. The maximum atomic E-state index is 12.7. The summed E-state index contributed by atoms with van der Waals surface area (Å²) < 4.78 is 43.4. The summed E-state index contributed by atoms with van der Waals surface area (Å²) in [5.41, 5.74) is -0.918. The quantitative estimate of drug-likeness (QED) is 0.431. The van der Waals surface area contributed by atoms with E-state index in [-0.39, 0.29) is 17.5 Å². The molecule has 0 radical (unpaired) electrons. The number of pyridine rings is 1. The third-order valence-corrected chi connectivity index (χ3v) is 4.66. The average molecular weight is 444 g/mol. The number of alkyl halides is 3. The van der Waals surface area contributed by atoms with Gasteiger partial charge in [-0.15, -0.1) is 0 Å². The number of ether oxygens (including phenoxy) is 1. The molecule has 1 N–H and O–H groups in total. The summed E-state index contributed by atoms with van der Waals surface area (Å²) in [7, 11) is 1.68. The average Bonchev–Trinajstić information content (AvgIpc) is 2.75. The van der Waals surface area contributed by atoms with Gasteiger partial charge < -0.3 is 19.9 Å². The van der Waals surface area contributed by atoms with Gasteiger partial charge in [-0.2, -0.15) is 13.2 Å². The number of hydrogen-bond acceptors (Lipinski definition) is 6. The van der Waals surface area contributed by atoms with Crippen LogP contribution in [0.3, 0.4) is 0 Å². The fraction of sp³-hybridized carbons (Fsp3) is 0.444. The third-order valence-electron chi connectivity index (χ3n) is 4.38. The van der Waals surface area contributed by atoms with Crippen LogP contribution in [0.2, 0.25) is 5.02 Å². The number of nitrogens with zero attached hydrogens (tertiary/aromatic N) is 6. The molecule has 3 rings (SSSR count). The van der Waals surface area contributed by atoms with Crippen LogP contribution in [-0.4, -0.2) is 72.2 Å². The van der Waals surface area contributed by atoms with E-state index >= 15 is 0 Å². The molecule has 0 bridgehead atoms. The van der Waals surface area contributed by atoms with Crippen LogP contribution in [0.15, 0.2) is 35.7 Å². The highest BCUT2D eigenvalue weighted by Crippen LogP contribution is 2.32. The van der Waals surface area contributed by atoms with Crippen molar-refractivity contribution in [3.8, 4) is 5.88 Å². The number of halogens is 4. The lowest BCUT2D eigenvalue weighted by atomic mass is 10.3. The van der Waals surface area contributed by atoms with E-state index < -0.39 is 11.7 Å². The number of hydrogen-bond donors (Lipinski definition) is 1. The second kappa shape index (κ2) is 9.79. The first-order chi connectivity index (χ1) is 14.4. The molecule has 0 atom stereocenters. The van der Waals surface area contributed by atoms with Crippen molar-refractivity contribution in [2.45, 2.75) is 6.18 Å². The first-order valence-corrected chi connectivity index (χ1v) is 9.59. The van der Waals surface area contributed by atoms with Crippen molar-refractivity contribution < 1.29 is 17.9 Å². The number of piperazine rings is 1. The molecular formula is C18H21ClF3N7O. The van der Waals surface area contributed by atoms with Crippen molar-refractivity contribution in [1.82, 2.24) is 25.2 Å². The highest BCUT2D eigenvalue weighted by Gasteiger charge is 2.31. The zero-order valence-electron chi connectivity index (χ0n) is 16.2. The molecule has 2 aromatic rings. The van der Waals surface area contributed by atoms with Crippen molar-refractivity contribution in [2.24, 2.45) is 4.99 Å². The Morgan fingerprint density at radius 1 is 1.20 bits per heavy atom. The van der Waals surface area contributed by atoms with Gasteiger partial charge in [-0.05, 0) is 12.1 Å². The number of aliphatic imine (C=N–C) groups is 1. The molecule has 0 unspecified atom stereocenters. The van der Waals surface area contributed by atoms with E-state index in [1.807, 2.05) is 0 Å². The molecule has 1 aliphatic rings. The maximum absolute atomic E-state index is 12.7. The van der Waals surface area contributed by atoms with E-state index in [0.29, 0.717) is 24.6 Å². The van der Waals surface area contributed by atoms with Gasteiger partial charge in [-0.3, -0.25) is 4.99 Å². The minimum Gasteiger partial charge on any atom is -0.475 e. The summed E-state index contributed by atoms with van der Waals surface area (Å²) in [6.45, 7) is 3.54. The summed E-state index contributed by atoms with van der Waals surface area (Å²) in [6.07, 6.45) is -0.372. The van der Waals surface area contributed by atoms with Crippen molar-refractivity contribution in [1.29, 1.82) is 0 Å². The van der Waals surface area contributed by atoms with E-state index in [1.165, 1.54) is 0 Å². The lowest BCUT2D eigenvalue weighted by molar-refractivity contribution is -0.137. The van der Waals surface area contributed by atoms with Crippen LogP contribution in [0.25, 0.3) is 0 Å². The Labute approximate surface area is 176 Å². The molecule has 0 spiro atoms. The molecule has 0 aliphatic carbocycles. The third kappa shape index (κ3) is 5.62. The lowest BCUT2D eigenvalue weighted by Gasteiger charge is -2.36. The Morgan fingerprint density at radius 2 is 1.90 bits per heavy atom. The smallest absolute Gasteiger partial charge is 0.417 e. The van der Waals surface area contributed by atoms with E-state index in [1.54, 1.807) is 25.5 Å². The van der Waals surface area contributed by atoms with Crippen molar-refractivity contribution >= 4 is 23.5 Å². The summed E-state index contributed by atoms with van der Waals surface area (Å²) >= 11 is 5.84. The van der Waals surface area contributed by atoms with Crippen LogP contribution in [0.5, 0.6) is 5.88 Å². The van der Waals surface area contributed by atoms with Gasteiger partial charge in [0.25, 0.3) is 0 Å². The molecule has 12 heteroatoms. The fourth-order valence-corrected chi connectivity index (χ4v) is 3.12. The summed E-state index contributed by atoms with van der Waals surface area (Å²) in [5.74, 6) is 1.37. The molecule has 1 fully saturated rings. The predicted molar refractivity (Wildman–Crippen MR) is 107 cm³/mol. The lowest BCUT2D eigenvalue weighted by Crippen LogP contribution is -2.53. The number of anilines is 1. The van der Waals surface area contributed by atoms with Crippen LogP contribution in [0.1, 0.15) is 5.56 Å². The molecule has 0 aromatic carbocycles. The second-order valence-corrected chi connectivity index (χ2v) is 6.76. The topological polar surface area (TPSA) is 78.8 Å². The number of aromatic nitrogens is 3. The van der Waals surface area contributed by atoms with E-state index in [2.05, 4.69) is 35.1 Å². The van der Waals surface area contributed by atoms with Crippen molar-refractivity contribution in [2.75, 3.05) is 51.3 Å². The van der Waals surface area contributed by atoms with E-state index in [4.69, 9.17) is 16.3 Å². The van der Waals surface area contributed by atoms with Crippen LogP contribution in [0, 0.1) is 0 Å². The second-order valence-electron chi connectivity index (χ2n) is 6.35. The van der Waals surface area contributed by atoms with Gasteiger partial charge in [-0.1, -0.05) is 11.6 Å². The normalized spacial score (nSPS) is 15.3. The molecule has 1 saturated heterocycles. The molecule has 8 nitrogen and oxygen atoms in total. The molecule has 0 saturated carbocycles. The number of guanidine groups is 1. The monoisotopic (exact) mass is 443 g/mol. The number of nitrogens with one attached hydrogen (secondary N) is 1. The van der Waals surface area contributed by atoms with Gasteiger partial charge in [-0.25, -0.2) is 15.0 Å². The zero-order valence-corrected chi connectivity index (χ0v) is 17.0. The molecule has 1 aliphatic heterocycles. The van der Waals surface area contributed by atoms with E-state index in [0.717, 1.165) is 32.2 Å². The van der Waals surface area contributed by atoms with Gasteiger partial charge in [0, 0.05) is 51.8 Å². The molecule has 3 heterocycles. The predicted octanol–water partition coefficient (Wildman–Crippen LogP) is 2.32. The van der Waals surface area contributed by atoms with Gasteiger partial charge in [0.15, 0.2) is 5.96 Å². The Hall–Kier alpha value is -2.82. The molecule has 162 valence electrons. The Balaban J connectivity index is 1.44. The largest absolute Gasteiger partial charge is 0.475 e. The van der Waals surface area contributed by atoms with Crippen molar-refractivity contribution in [3.63, 3.8) is 0 Å². The maximum Gasteiger partial charge on any atom is 0.417 e. The molecule has 0 amide bonds. The summed E-state index contributed by atoms with van der Waals surface area (Å²) in [4.78, 5) is 20.6. The Kier molecular flexibility index (Phi) is 7.14. The van der Waals surface area contributed by atoms with Crippen molar-refractivity contribution in [3.05, 3.63) is 41.3 Å². The van der Waals surface area contributed by atoms with Crippen LogP contribution in [-0.2, 0) is 6.18 Å². The Bertz CT molecular complexity index is 859. The van der Waals surface area contributed by atoms with E-state index in [9.17, 15) is 13.2 Å². The molecule has 2 aromatic heterocycles. The van der Waals surface area contributed by atoms with Gasteiger partial charge >= 0.3 is 6.18 Å². The molecule has 30 heavy (non-hydrogen) atoms. The van der Waals surface area contributed by atoms with Crippen LogP contribution in [0.4, 0.5) is 19.1 Å². The van der Waals surface area contributed by atoms with Gasteiger partial charge in [0.05, 0.1) is 12.1 Å².